The van der Waals surface area contributed by atoms with Crippen molar-refractivity contribution in [2.75, 3.05) is 45.1 Å². The van der Waals surface area contributed by atoms with E-state index in [0.717, 1.165) is 18.2 Å². The van der Waals surface area contributed by atoms with Gasteiger partial charge < -0.3 is 10.2 Å². The third kappa shape index (κ3) is 3.94. The maximum atomic E-state index is 4.38. The van der Waals surface area contributed by atoms with Gasteiger partial charge in [0.1, 0.15) is 0 Å². The first-order valence-electron chi connectivity index (χ1n) is 6.37. The minimum absolute atomic E-state index is 0.946. The van der Waals surface area contributed by atoms with Crippen molar-refractivity contribution in [3.8, 4) is 0 Å². The standard InChI is InChI=1S/C12H22N4S/c1-3-13-12-14-9-11(17-12)10-16-6-4-5-15(2)7-8-16/h9H,3-8,10H2,1-2H3,(H,13,14). The first-order chi connectivity index (χ1) is 8.28. The molecule has 1 N–H and O–H groups in total. The Bertz CT molecular complexity index is 339. The number of thiazole rings is 1. The van der Waals surface area contributed by atoms with Gasteiger partial charge in [0.05, 0.1) is 0 Å². The molecule has 96 valence electrons. The normalized spacial score (nSPS) is 19.2. The first-order valence-corrected chi connectivity index (χ1v) is 7.19. The van der Waals surface area contributed by atoms with Crippen molar-refractivity contribution in [1.82, 2.24) is 14.8 Å². The molecular weight excluding hydrogens is 232 g/mol. The van der Waals surface area contributed by atoms with Crippen LogP contribution in [0.4, 0.5) is 5.13 Å². The Morgan fingerprint density at radius 3 is 3.06 bits per heavy atom. The predicted molar refractivity (Wildman–Crippen MR) is 73.7 cm³/mol. The van der Waals surface area contributed by atoms with Gasteiger partial charge in [0.15, 0.2) is 5.13 Å². The zero-order valence-corrected chi connectivity index (χ0v) is 11.6. The minimum atomic E-state index is 0.946. The molecule has 1 saturated heterocycles. The number of aromatic nitrogens is 1. The molecule has 1 aromatic heterocycles. The monoisotopic (exact) mass is 254 g/mol. The van der Waals surface area contributed by atoms with Crippen molar-refractivity contribution in [2.45, 2.75) is 19.9 Å². The lowest BCUT2D eigenvalue weighted by molar-refractivity contribution is 0.271. The molecule has 0 aromatic carbocycles. The van der Waals surface area contributed by atoms with E-state index in [2.05, 4.69) is 34.1 Å². The summed E-state index contributed by atoms with van der Waals surface area (Å²) in [5.74, 6) is 0. The summed E-state index contributed by atoms with van der Waals surface area (Å²) >= 11 is 1.78. The molecule has 2 heterocycles. The van der Waals surface area contributed by atoms with Crippen LogP contribution in [0.1, 0.15) is 18.2 Å². The fourth-order valence-corrected chi connectivity index (χ4v) is 3.01. The number of hydrogen-bond donors (Lipinski definition) is 1. The van der Waals surface area contributed by atoms with Crippen molar-refractivity contribution in [3.05, 3.63) is 11.1 Å². The highest BCUT2D eigenvalue weighted by atomic mass is 32.1. The fraction of sp³-hybridized carbons (Fsp3) is 0.750. The zero-order valence-electron chi connectivity index (χ0n) is 10.8. The van der Waals surface area contributed by atoms with E-state index in [1.165, 1.54) is 37.5 Å². The van der Waals surface area contributed by atoms with Crippen LogP contribution in [0.2, 0.25) is 0 Å². The Labute approximate surface area is 108 Å². The molecule has 2 rings (SSSR count). The molecule has 5 heteroatoms. The number of rotatable bonds is 4. The Hall–Kier alpha value is -0.650. The van der Waals surface area contributed by atoms with Crippen LogP contribution < -0.4 is 5.32 Å². The molecule has 0 atom stereocenters. The molecule has 0 aliphatic carbocycles. The summed E-state index contributed by atoms with van der Waals surface area (Å²) < 4.78 is 0. The molecule has 1 fully saturated rings. The quantitative estimate of drug-likeness (QED) is 0.886. The van der Waals surface area contributed by atoms with Crippen LogP contribution in [0.5, 0.6) is 0 Å². The maximum Gasteiger partial charge on any atom is 0.182 e. The van der Waals surface area contributed by atoms with Crippen LogP contribution in [0, 0.1) is 0 Å². The number of likely N-dealkylation sites (N-methyl/N-ethyl adjacent to an activating group) is 1. The summed E-state index contributed by atoms with van der Waals surface area (Å²) in [6.07, 6.45) is 3.28. The van der Waals surface area contributed by atoms with Gasteiger partial charge in [-0.05, 0) is 33.5 Å². The molecule has 4 nitrogen and oxygen atoms in total. The lowest BCUT2D eigenvalue weighted by atomic mass is 10.4. The van der Waals surface area contributed by atoms with Crippen LogP contribution in [0.15, 0.2) is 6.20 Å². The molecule has 1 aliphatic rings. The first kappa shape index (κ1) is 12.8. The molecule has 0 spiro atoms. The molecule has 1 aromatic rings. The summed E-state index contributed by atoms with van der Waals surface area (Å²) in [5.41, 5.74) is 0. The van der Waals surface area contributed by atoms with Crippen LogP contribution >= 0.6 is 11.3 Å². The molecule has 0 unspecified atom stereocenters. The predicted octanol–water partition coefficient (Wildman–Crippen LogP) is 1.71. The Balaban J connectivity index is 1.86. The highest BCUT2D eigenvalue weighted by Gasteiger charge is 2.13. The van der Waals surface area contributed by atoms with E-state index in [-0.39, 0.29) is 0 Å². The average Bonchev–Trinajstić information content (AvgIpc) is 2.63. The van der Waals surface area contributed by atoms with E-state index in [1.54, 1.807) is 11.3 Å². The third-order valence-electron chi connectivity index (χ3n) is 3.07. The molecule has 0 radical (unpaired) electrons. The molecule has 0 bridgehead atoms. The van der Waals surface area contributed by atoms with Crippen molar-refractivity contribution in [2.24, 2.45) is 0 Å². The average molecular weight is 254 g/mol. The van der Waals surface area contributed by atoms with Gasteiger partial charge in [0.2, 0.25) is 0 Å². The highest BCUT2D eigenvalue weighted by molar-refractivity contribution is 7.15. The second-order valence-corrected chi connectivity index (χ2v) is 5.71. The number of nitrogens with zero attached hydrogens (tertiary/aromatic N) is 3. The van der Waals surface area contributed by atoms with Crippen LogP contribution in [-0.4, -0.2) is 54.6 Å². The molecular formula is C12H22N4S. The Morgan fingerprint density at radius 2 is 2.24 bits per heavy atom. The second-order valence-electron chi connectivity index (χ2n) is 4.60. The van der Waals surface area contributed by atoms with E-state index >= 15 is 0 Å². The van der Waals surface area contributed by atoms with Crippen molar-refractivity contribution in [3.63, 3.8) is 0 Å². The van der Waals surface area contributed by atoms with E-state index < -0.39 is 0 Å². The van der Waals surface area contributed by atoms with Crippen LogP contribution in [0.25, 0.3) is 0 Å². The molecule has 0 amide bonds. The van der Waals surface area contributed by atoms with Crippen molar-refractivity contribution >= 4 is 16.5 Å². The smallest absolute Gasteiger partial charge is 0.182 e. The van der Waals surface area contributed by atoms with Crippen molar-refractivity contribution < 1.29 is 0 Å². The zero-order chi connectivity index (χ0) is 12.1. The third-order valence-corrected chi connectivity index (χ3v) is 4.01. The number of hydrogen-bond acceptors (Lipinski definition) is 5. The van der Waals surface area contributed by atoms with Gasteiger partial charge in [0, 0.05) is 37.3 Å². The summed E-state index contributed by atoms with van der Waals surface area (Å²) in [6, 6.07) is 0. The minimum Gasteiger partial charge on any atom is -0.362 e. The summed E-state index contributed by atoms with van der Waals surface area (Å²) in [6.45, 7) is 8.88. The van der Waals surface area contributed by atoms with Gasteiger partial charge in [-0.25, -0.2) is 4.98 Å². The van der Waals surface area contributed by atoms with E-state index in [9.17, 15) is 0 Å². The SMILES string of the molecule is CCNc1ncc(CN2CCCN(C)CC2)s1. The van der Waals surface area contributed by atoms with Crippen molar-refractivity contribution in [1.29, 1.82) is 0 Å². The molecule has 17 heavy (non-hydrogen) atoms. The fourth-order valence-electron chi connectivity index (χ4n) is 2.09. The highest BCUT2D eigenvalue weighted by Crippen LogP contribution is 2.19. The number of anilines is 1. The summed E-state index contributed by atoms with van der Waals surface area (Å²) in [5, 5.41) is 4.32. The molecule has 0 saturated carbocycles. The van der Waals surface area contributed by atoms with Gasteiger partial charge in [-0.2, -0.15) is 0 Å². The topological polar surface area (TPSA) is 31.4 Å². The summed E-state index contributed by atoms with van der Waals surface area (Å²) in [4.78, 5) is 10.7. The Kier molecular flexibility index (Phi) is 4.76. The van der Waals surface area contributed by atoms with Gasteiger partial charge in [-0.3, -0.25) is 4.90 Å². The van der Waals surface area contributed by atoms with Gasteiger partial charge >= 0.3 is 0 Å². The maximum absolute atomic E-state index is 4.38. The largest absolute Gasteiger partial charge is 0.362 e. The number of nitrogens with one attached hydrogen (secondary N) is 1. The summed E-state index contributed by atoms with van der Waals surface area (Å²) in [7, 11) is 2.21. The van der Waals surface area contributed by atoms with Crippen LogP contribution in [-0.2, 0) is 6.54 Å². The van der Waals surface area contributed by atoms with E-state index in [0.29, 0.717) is 0 Å². The van der Waals surface area contributed by atoms with Gasteiger partial charge in [-0.15, -0.1) is 11.3 Å². The molecule has 1 aliphatic heterocycles. The Morgan fingerprint density at radius 1 is 1.35 bits per heavy atom. The van der Waals surface area contributed by atoms with Gasteiger partial charge in [-0.1, -0.05) is 0 Å². The van der Waals surface area contributed by atoms with E-state index in [4.69, 9.17) is 0 Å². The van der Waals surface area contributed by atoms with E-state index in [1.807, 2.05) is 6.20 Å². The van der Waals surface area contributed by atoms with Crippen LogP contribution in [0.3, 0.4) is 0 Å². The van der Waals surface area contributed by atoms with Gasteiger partial charge in [0.25, 0.3) is 0 Å². The lowest BCUT2D eigenvalue weighted by Gasteiger charge is -2.18. The lowest BCUT2D eigenvalue weighted by Crippen LogP contribution is -2.28. The second kappa shape index (κ2) is 6.33.